The topological polar surface area (TPSA) is 113 Å². The van der Waals surface area contributed by atoms with Crippen LogP contribution in [0.1, 0.15) is 31.7 Å². The standard InChI is InChI=1S/C21H20N4O4S/c1-2-3-8-13-22-25-16-11-6-4-9-14(16)19(26)18(21(25)27)20-23-15-10-5-7-12-17(15)30(28,29)24-20/h4-7,9-13,26H,2-3,8H2,1H3,(H,23,24). The first-order chi connectivity index (χ1) is 14.4. The summed E-state index contributed by atoms with van der Waals surface area (Å²) in [4.78, 5) is 13.3. The second-order valence-electron chi connectivity index (χ2n) is 6.83. The number of aromatic nitrogens is 1. The van der Waals surface area contributed by atoms with E-state index in [1.807, 2.05) is 0 Å². The fourth-order valence-corrected chi connectivity index (χ4v) is 4.42. The van der Waals surface area contributed by atoms with Crippen molar-refractivity contribution < 1.29 is 13.5 Å². The van der Waals surface area contributed by atoms with E-state index >= 15 is 0 Å². The Morgan fingerprint density at radius 1 is 1.17 bits per heavy atom. The molecule has 8 nitrogen and oxygen atoms in total. The molecule has 0 amide bonds. The third kappa shape index (κ3) is 3.37. The molecular weight excluding hydrogens is 404 g/mol. The van der Waals surface area contributed by atoms with Crippen molar-refractivity contribution >= 4 is 38.7 Å². The molecule has 0 bridgehead atoms. The molecule has 4 rings (SSSR count). The molecule has 2 heterocycles. The second kappa shape index (κ2) is 7.75. The number of fused-ring (bicyclic) bond motifs is 2. The van der Waals surface area contributed by atoms with Crippen LogP contribution in [0.2, 0.25) is 0 Å². The van der Waals surface area contributed by atoms with Gasteiger partial charge in [0.2, 0.25) is 0 Å². The summed E-state index contributed by atoms with van der Waals surface area (Å²) < 4.78 is 30.2. The molecule has 1 aliphatic heterocycles. The van der Waals surface area contributed by atoms with Gasteiger partial charge in [0.25, 0.3) is 15.6 Å². The minimum atomic E-state index is -4.04. The third-order valence-electron chi connectivity index (χ3n) is 4.78. The fourth-order valence-electron chi connectivity index (χ4n) is 3.30. The van der Waals surface area contributed by atoms with Crippen molar-refractivity contribution in [3.8, 4) is 5.75 Å². The summed E-state index contributed by atoms with van der Waals surface area (Å²) in [5, 5.41) is 18.4. The Balaban J connectivity index is 1.95. The maximum Gasteiger partial charge on any atom is 0.286 e. The van der Waals surface area contributed by atoms with Crippen LogP contribution < -0.4 is 10.9 Å². The van der Waals surface area contributed by atoms with Crippen LogP contribution in [-0.4, -0.2) is 30.3 Å². The Labute approximate surface area is 173 Å². The van der Waals surface area contributed by atoms with Crippen LogP contribution in [0.15, 0.2) is 67.7 Å². The number of para-hydroxylation sites is 2. The highest BCUT2D eigenvalue weighted by atomic mass is 32.2. The molecule has 1 aliphatic rings. The van der Waals surface area contributed by atoms with Gasteiger partial charge in [-0.3, -0.25) is 4.79 Å². The van der Waals surface area contributed by atoms with Gasteiger partial charge >= 0.3 is 0 Å². The Morgan fingerprint density at radius 3 is 2.70 bits per heavy atom. The average Bonchev–Trinajstić information content (AvgIpc) is 2.73. The maximum atomic E-state index is 13.3. The first kappa shape index (κ1) is 19.8. The monoisotopic (exact) mass is 424 g/mol. The third-order valence-corrected chi connectivity index (χ3v) is 6.12. The van der Waals surface area contributed by atoms with E-state index in [0.29, 0.717) is 17.3 Å². The largest absolute Gasteiger partial charge is 0.506 e. The number of aromatic hydroxyl groups is 1. The van der Waals surface area contributed by atoms with Crippen molar-refractivity contribution in [3.05, 3.63) is 64.4 Å². The van der Waals surface area contributed by atoms with E-state index in [0.717, 1.165) is 17.5 Å². The van der Waals surface area contributed by atoms with E-state index < -0.39 is 15.6 Å². The smallest absolute Gasteiger partial charge is 0.286 e. The van der Waals surface area contributed by atoms with Crippen molar-refractivity contribution in [1.82, 2.24) is 4.68 Å². The minimum Gasteiger partial charge on any atom is -0.506 e. The van der Waals surface area contributed by atoms with E-state index in [1.54, 1.807) is 48.7 Å². The molecule has 2 aromatic carbocycles. The van der Waals surface area contributed by atoms with Gasteiger partial charge in [0.05, 0.1) is 11.2 Å². The van der Waals surface area contributed by atoms with Gasteiger partial charge in [-0.15, -0.1) is 4.40 Å². The molecule has 30 heavy (non-hydrogen) atoms. The van der Waals surface area contributed by atoms with Gasteiger partial charge in [0, 0.05) is 11.6 Å². The van der Waals surface area contributed by atoms with Crippen molar-refractivity contribution in [2.75, 3.05) is 5.32 Å². The number of sulfonamides is 1. The van der Waals surface area contributed by atoms with Crippen molar-refractivity contribution in [3.63, 3.8) is 0 Å². The van der Waals surface area contributed by atoms with Gasteiger partial charge < -0.3 is 10.4 Å². The number of nitrogens with zero attached hydrogens (tertiary/aromatic N) is 3. The van der Waals surface area contributed by atoms with Gasteiger partial charge in [-0.1, -0.05) is 37.6 Å². The zero-order valence-corrected chi connectivity index (χ0v) is 17.1. The molecule has 0 atom stereocenters. The molecule has 9 heteroatoms. The molecule has 0 fully saturated rings. The summed E-state index contributed by atoms with van der Waals surface area (Å²) >= 11 is 0. The van der Waals surface area contributed by atoms with Gasteiger partial charge in [-0.2, -0.15) is 18.2 Å². The molecule has 0 aliphatic carbocycles. The molecule has 2 N–H and O–H groups in total. The fraction of sp³-hybridized carbons (Fsp3) is 0.190. The lowest BCUT2D eigenvalue weighted by Gasteiger charge is -2.19. The molecule has 0 saturated heterocycles. The molecule has 0 radical (unpaired) electrons. The highest BCUT2D eigenvalue weighted by Crippen LogP contribution is 2.32. The highest BCUT2D eigenvalue weighted by Gasteiger charge is 2.29. The maximum absolute atomic E-state index is 13.3. The number of amidine groups is 1. The highest BCUT2D eigenvalue weighted by molar-refractivity contribution is 7.90. The molecule has 3 aromatic rings. The van der Waals surface area contributed by atoms with Gasteiger partial charge in [-0.25, -0.2) is 0 Å². The molecule has 1 aromatic heterocycles. The van der Waals surface area contributed by atoms with Crippen LogP contribution >= 0.6 is 0 Å². The number of hydrogen-bond donors (Lipinski definition) is 2. The molecule has 0 unspecified atom stereocenters. The predicted molar refractivity (Wildman–Crippen MR) is 117 cm³/mol. The summed E-state index contributed by atoms with van der Waals surface area (Å²) in [5.41, 5.74) is -0.220. The first-order valence-electron chi connectivity index (χ1n) is 9.55. The molecule has 154 valence electrons. The molecule has 0 saturated carbocycles. The minimum absolute atomic E-state index is 0.00643. The number of hydrogen-bond acceptors (Lipinski definition) is 6. The van der Waals surface area contributed by atoms with Crippen LogP contribution in [0.25, 0.3) is 10.9 Å². The quantitative estimate of drug-likeness (QED) is 0.482. The van der Waals surface area contributed by atoms with E-state index in [4.69, 9.17) is 0 Å². The Bertz CT molecular complexity index is 1360. The Morgan fingerprint density at radius 2 is 1.90 bits per heavy atom. The number of benzene rings is 2. The second-order valence-corrected chi connectivity index (χ2v) is 8.41. The molecular formula is C21H20N4O4S. The molecule has 0 spiro atoms. The van der Waals surface area contributed by atoms with E-state index in [-0.39, 0.29) is 27.7 Å². The summed E-state index contributed by atoms with van der Waals surface area (Å²) in [7, 11) is -4.04. The van der Waals surface area contributed by atoms with Crippen LogP contribution in [-0.2, 0) is 10.0 Å². The van der Waals surface area contributed by atoms with Crippen LogP contribution in [0.4, 0.5) is 5.69 Å². The van der Waals surface area contributed by atoms with Crippen molar-refractivity contribution in [2.24, 2.45) is 9.50 Å². The number of nitrogens with one attached hydrogen (secondary N) is 1. The van der Waals surface area contributed by atoms with E-state index in [2.05, 4.69) is 21.7 Å². The Hall–Kier alpha value is -3.46. The first-order valence-corrected chi connectivity index (χ1v) is 11.0. The zero-order valence-electron chi connectivity index (χ0n) is 16.2. The van der Waals surface area contributed by atoms with Gasteiger partial charge in [-0.05, 0) is 37.1 Å². The lowest BCUT2D eigenvalue weighted by molar-refractivity contribution is 0.478. The number of anilines is 1. The summed E-state index contributed by atoms with van der Waals surface area (Å²) in [6.45, 7) is 2.05. The summed E-state index contributed by atoms with van der Waals surface area (Å²) in [5.74, 6) is -0.587. The number of unbranched alkanes of at least 4 members (excludes halogenated alkanes) is 2. The van der Waals surface area contributed by atoms with Gasteiger partial charge in [0.1, 0.15) is 16.2 Å². The summed E-state index contributed by atoms with van der Waals surface area (Å²) in [6.07, 6.45) is 4.24. The lowest BCUT2D eigenvalue weighted by atomic mass is 10.1. The van der Waals surface area contributed by atoms with Crippen molar-refractivity contribution in [1.29, 1.82) is 0 Å². The van der Waals surface area contributed by atoms with E-state index in [9.17, 15) is 18.3 Å². The number of rotatable bonds is 5. The predicted octanol–water partition coefficient (Wildman–Crippen LogP) is 3.29. The van der Waals surface area contributed by atoms with Crippen molar-refractivity contribution in [2.45, 2.75) is 31.1 Å². The number of pyridine rings is 1. The summed E-state index contributed by atoms with van der Waals surface area (Å²) in [6, 6.07) is 13.0. The SMILES string of the molecule is CCCCC=Nn1c(=O)c(C2=NS(=O)(=O)c3ccccc3N2)c(O)c2ccccc21. The van der Waals surface area contributed by atoms with Crippen LogP contribution in [0.5, 0.6) is 5.75 Å². The normalized spacial score (nSPS) is 15.0. The Kier molecular flexibility index (Phi) is 5.13. The van der Waals surface area contributed by atoms with Crippen LogP contribution in [0.3, 0.4) is 0 Å². The van der Waals surface area contributed by atoms with E-state index in [1.165, 1.54) is 6.07 Å². The average molecular weight is 424 g/mol. The van der Waals surface area contributed by atoms with Gasteiger partial charge in [0.15, 0.2) is 5.84 Å². The zero-order chi connectivity index (χ0) is 21.3. The van der Waals surface area contributed by atoms with Crippen LogP contribution in [0, 0.1) is 0 Å². The lowest BCUT2D eigenvalue weighted by Crippen LogP contribution is -2.31.